The van der Waals surface area contributed by atoms with Crippen molar-refractivity contribution in [2.75, 3.05) is 0 Å². The summed E-state index contributed by atoms with van der Waals surface area (Å²) in [7, 11) is 0. The molecule has 3 aromatic heterocycles. The summed E-state index contributed by atoms with van der Waals surface area (Å²) < 4.78 is 8.96. The van der Waals surface area contributed by atoms with Crippen LogP contribution in [0.1, 0.15) is 5.56 Å². The van der Waals surface area contributed by atoms with Gasteiger partial charge in [-0.25, -0.2) is 15.0 Å². The number of benzene rings is 7. The Morgan fingerprint density at radius 2 is 1.08 bits per heavy atom. The summed E-state index contributed by atoms with van der Waals surface area (Å²) in [6.07, 6.45) is 0. The minimum absolute atomic E-state index is 0.620. The third kappa shape index (κ3) is 4.82. The van der Waals surface area contributed by atoms with E-state index in [1.54, 1.807) is 0 Å². The lowest BCUT2D eigenvalue weighted by Gasteiger charge is -2.16. The maximum Gasteiger partial charge on any atom is 0.164 e. The van der Waals surface area contributed by atoms with Gasteiger partial charge in [-0.2, -0.15) is 0 Å². The Labute approximate surface area is 294 Å². The van der Waals surface area contributed by atoms with E-state index in [0.717, 1.165) is 77.2 Å². The maximum atomic E-state index is 6.59. The van der Waals surface area contributed by atoms with Crippen LogP contribution >= 0.6 is 0 Å². The molecule has 0 atom stereocenters. The number of aromatic nitrogens is 4. The molecule has 0 aliphatic rings. The van der Waals surface area contributed by atoms with Crippen LogP contribution in [0, 0.1) is 6.92 Å². The zero-order valence-electron chi connectivity index (χ0n) is 27.8. The average Bonchev–Trinajstić information content (AvgIpc) is 3.74. The van der Waals surface area contributed by atoms with Crippen LogP contribution in [0.15, 0.2) is 168 Å². The molecule has 0 aliphatic carbocycles. The molecule has 5 nitrogen and oxygen atoms in total. The molecule has 0 N–H and O–H groups in total. The van der Waals surface area contributed by atoms with Gasteiger partial charge in [-0.05, 0) is 55.0 Å². The first-order chi connectivity index (χ1) is 25.2. The van der Waals surface area contributed by atoms with Crippen molar-refractivity contribution in [3.05, 3.63) is 169 Å². The lowest BCUT2D eigenvalue weighted by Crippen LogP contribution is -2.02. The molecule has 3 heterocycles. The fourth-order valence-electron chi connectivity index (χ4n) is 7.35. The minimum atomic E-state index is 0.620. The van der Waals surface area contributed by atoms with Crippen LogP contribution in [0.5, 0.6) is 0 Å². The predicted molar refractivity (Wildman–Crippen MR) is 208 cm³/mol. The Morgan fingerprint density at radius 1 is 0.451 bits per heavy atom. The van der Waals surface area contributed by atoms with Crippen LogP contribution in [-0.2, 0) is 0 Å². The number of fused-ring (bicyclic) bond motifs is 7. The van der Waals surface area contributed by atoms with E-state index >= 15 is 0 Å². The normalized spacial score (nSPS) is 11.6. The van der Waals surface area contributed by atoms with Crippen molar-refractivity contribution in [3.63, 3.8) is 0 Å². The van der Waals surface area contributed by atoms with Gasteiger partial charge in [0.1, 0.15) is 11.2 Å². The Bertz CT molecular complexity index is 2870. The fraction of sp³-hybridized carbons (Fsp3) is 0.0217. The average molecular weight is 655 g/mol. The molecule has 5 heteroatoms. The zero-order chi connectivity index (χ0) is 33.9. The first-order valence-electron chi connectivity index (χ1n) is 17.1. The van der Waals surface area contributed by atoms with E-state index in [1.807, 2.05) is 72.8 Å². The first-order valence-corrected chi connectivity index (χ1v) is 17.1. The molecule has 0 bridgehead atoms. The highest BCUT2D eigenvalue weighted by Crippen LogP contribution is 2.42. The monoisotopic (exact) mass is 654 g/mol. The molecule has 0 spiro atoms. The number of para-hydroxylation sites is 2. The van der Waals surface area contributed by atoms with Crippen LogP contribution in [0.25, 0.3) is 94.7 Å². The standard InChI is InChI=1S/C46H30N4O/c1-29-13-12-18-32(27-29)37-28-33(46-48-44(30-14-4-2-5-15-30)47-45(49-46)31-16-6-3-7-17-31)23-25-39(37)50-38-21-10-8-20-36(38)42-40(50)26-24-35-34-19-9-11-22-41(34)51-43(35)42/h2-28H,1H3. The molecule has 0 saturated carbocycles. The molecule has 0 amide bonds. The Morgan fingerprint density at radius 3 is 1.80 bits per heavy atom. The second-order valence-electron chi connectivity index (χ2n) is 12.9. The molecule has 0 saturated heterocycles. The molecule has 0 aliphatic heterocycles. The number of hydrogen-bond donors (Lipinski definition) is 0. The van der Waals surface area contributed by atoms with Crippen LogP contribution in [0.2, 0.25) is 0 Å². The summed E-state index contributed by atoms with van der Waals surface area (Å²) in [4.78, 5) is 15.0. The van der Waals surface area contributed by atoms with Gasteiger partial charge in [0.05, 0.1) is 22.1 Å². The first kappa shape index (κ1) is 29.1. The summed E-state index contributed by atoms with van der Waals surface area (Å²) in [6.45, 7) is 2.13. The van der Waals surface area contributed by atoms with Gasteiger partial charge in [-0.3, -0.25) is 0 Å². The highest BCUT2D eigenvalue weighted by molar-refractivity contribution is 6.24. The second kappa shape index (κ2) is 11.6. The smallest absolute Gasteiger partial charge is 0.164 e. The molecule has 51 heavy (non-hydrogen) atoms. The fourth-order valence-corrected chi connectivity index (χ4v) is 7.35. The lowest BCUT2D eigenvalue weighted by atomic mass is 9.98. The van der Waals surface area contributed by atoms with Gasteiger partial charge in [0, 0.05) is 38.4 Å². The van der Waals surface area contributed by atoms with Crippen LogP contribution in [-0.4, -0.2) is 19.5 Å². The molecule has 240 valence electrons. The topological polar surface area (TPSA) is 56.7 Å². The molecule has 0 radical (unpaired) electrons. The largest absolute Gasteiger partial charge is 0.455 e. The molecular weight excluding hydrogens is 625 g/mol. The number of furan rings is 1. The molecule has 10 aromatic rings. The maximum absolute atomic E-state index is 6.59. The van der Waals surface area contributed by atoms with E-state index in [-0.39, 0.29) is 0 Å². The summed E-state index contributed by atoms with van der Waals surface area (Å²) in [5, 5.41) is 4.50. The Balaban J connectivity index is 1.25. The van der Waals surface area contributed by atoms with Gasteiger partial charge in [-0.1, -0.05) is 127 Å². The second-order valence-corrected chi connectivity index (χ2v) is 12.9. The highest BCUT2D eigenvalue weighted by atomic mass is 16.3. The van der Waals surface area contributed by atoms with E-state index in [9.17, 15) is 0 Å². The number of nitrogens with zero attached hydrogens (tertiary/aromatic N) is 4. The van der Waals surface area contributed by atoms with Crippen molar-refractivity contribution >= 4 is 43.7 Å². The van der Waals surface area contributed by atoms with Gasteiger partial charge < -0.3 is 8.98 Å². The summed E-state index contributed by atoms with van der Waals surface area (Å²) >= 11 is 0. The number of aryl methyl sites for hydroxylation is 1. The van der Waals surface area contributed by atoms with Crippen molar-refractivity contribution in [3.8, 4) is 51.0 Å². The number of hydrogen-bond acceptors (Lipinski definition) is 4. The minimum Gasteiger partial charge on any atom is -0.455 e. The van der Waals surface area contributed by atoms with Gasteiger partial charge in [0.25, 0.3) is 0 Å². The Hall–Kier alpha value is -6.85. The molecule has 7 aromatic carbocycles. The summed E-state index contributed by atoms with van der Waals surface area (Å²) in [5.41, 5.74) is 11.2. The molecule has 10 rings (SSSR count). The highest BCUT2D eigenvalue weighted by Gasteiger charge is 2.21. The van der Waals surface area contributed by atoms with Crippen LogP contribution in [0.4, 0.5) is 0 Å². The third-order valence-electron chi connectivity index (χ3n) is 9.70. The van der Waals surface area contributed by atoms with E-state index < -0.39 is 0 Å². The molecule has 0 unspecified atom stereocenters. The Kier molecular flexibility index (Phi) is 6.64. The third-order valence-corrected chi connectivity index (χ3v) is 9.70. The summed E-state index contributed by atoms with van der Waals surface area (Å²) in [5.74, 6) is 1.89. The van der Waals surface area contributed by atoms with Crippen molar-refractivity contribution in [2.45, 2.75) is 6.92 Å². The van der Waals surface area contributed by atoms with Crippen molar-refractivity contribution in [1.29, 1.82) is 0 Å². The molecular formula is C46H30N4O. The van der Waals surface area contributed by atoms with Crippen molar-refractivity contribution in [1.82, 2.24) is 19.5 Å². The van der Waals surface area contributed by atoms with Gasteiger partial charge in [-0.15, -0.1) is 0 Å². The van der Waals surface area contributed by atoms with Crippen LogP contribution < -0.4 is 0 Å². The van der Waals surface area contributed by atoms with Gasteiger partial charge >= 0.3 is 0 Å². The molecule has 0 fully saturated rings. The zero-order valence-corrected chi connectivity index (χ0v) is 27.8. The van der Waals surface area contributed by atoms with Gasteiger partial charge in [0.2, 0.25) is 0 Å². The number of rotatable bonds is 5. The van der Waals surface area contributed by atoms with E-state index in [1.165, 1.54) is 5.56 Å². The van der Waals surface area contributed by atoms with Gasteiger partial charge in [0.15, 0.2) is 17.5 Å². The summed E-state index contributed by atoms with van der Waals surface area (Å²) in [6, 6.07) is 56.7. The lowest BCUT2D eigenvalue weighted by molar-refractivity contribution is 0.673. The van der Waals surface area contributed by atoms with Crippen molar-refractivity contribution < 1.29 is 4.42 Å². The van der Waals surface area contributed by atoms with Crippen molar-refractivity contribution in [2.24, 2.45) is 0 Å². The SMILES string of the molecule is Cc1cccc(-c2cc(-c3nc(-c4ccccc4)nc(-c4ccccc4)n3)ccc2-n2c3ccccc3c3c4oc5ccccc5c4ccc32)c1. The van der Waals surface area contributed by atoms with E-state index in [2.05, 4.69) is 102 Å². The van der Waals surface area contributed by atoms with Crippen LogP contribution in [0.3, 0.4) is 0 Å². The van der Waals surface area contributed by atoms with E-state index in [0.29, 0.717) is 17.5 Å². The van der Waals surface area contributed by atoms with E-state index in [4.69, 9.17) is 19.4 Å². The quantitative estimate of drug-likeness (QED) is 0.185. The predicted octanol–water partition coefficient (Wildman–Crippen LogP) is 11.8.